The van der Waals surface area contributed by atoms with Gasteiger partial charge in [-0.3, -0.25) is 0 Å². The van der Waals surface area contributed by atoms with Crippen LogP contribution in [0.4, 0.5) is 43.9 Å². The molecule has 0 N–H and O–H groups in total. The van der Waals surface area contributed by atoms with E-state index in [0.717, 1.165) is 0 Å². The second kappa shape index (κ2) is 8.60. The molecule has 0 amide bonds. The van der Waals surface area contributed by atoms with Crippen molar-refractivity contribution in [1.82, 2.24) is 0 Å². The van der Waals surface area contributed by atoms with Gasteiger partial charge in [-0.15, -0.1) is 10.9 Å². The highest BCUT2D eigenvalue weighted by Gasteiger charge is 2.47. The van der Waals surface area contributed by atoms with E-state index in [1.54, 1.807) is 25.3 Å². The second-order valence-electron chi connectivity index (χ2n) is 9.60. The van der Waals surface area contributed by atoms with Crippen LogP contribution in [0.5, 0.6) is 0 Å². The molecule has 1 aliphatic rings. The van der Waals surface area contributed by atoms with Gasteiger partial charge < -0.3 is 0 Å². The first kappa shape index (κ1) is 26.1. The highest BCUT2D eigenvalue weighted by Crippen LogP contribution is 2.35. The van der Waals surface area contributed by atoms with E-state index in [2.05, 4.69) is 0 Å². The lowest BCUT2D eigenvalue weighted by atomic mass is 9.11. The summed E-state index contributed by atoms with van der Waals surface area (Å²) in [5, 5.41) is 0. The SMILES string of the molecule is C[C@@H]1C=[N+](C(C)(C)C)CCC[B-]1(c1c(F)c(F)c(F)c(F)c1F)c1c(F)c(F)c(F)c(F)c1F. The fourth-order valence-electron chi connectivity index (χ4n) is 5.02. The van der Waals surface area contributed by atoms with Crippen LogP contribution in [0.15, 0.2) is 0 Å². The van der Waals surface area contributed by atoms with Crippen LogP contribution in [0.1, 0.15) is 34.1 Å². The zero-order chi connectivity index (χ0) is 25.9. The van der Waals surface area contributed by atoms with E-state index in [0.29, 0.717) is 0 Å². The summed E-state index contributed by atoms with van der Waals surface area (Å²) in [6.07, 6.45) is -3.24. The van der Waals surface area contributed by atoms with E-state index >= 15 is 17.6 Å². The maximum absolute atomic E-state index is 15.1. The Bertz CT molecular complexity index is 1070. The molecule has 0 bridgehead atoms. The highest BCUT2D eigenvalue weighted by atomic mass is 19.2. The zero-order valence-electron chi connectivity index (χ0n) is 18.6. The van der Waals surface area contributed by atoms with Gasteiger partial charge in [0.1, 0.15) is 36.0 Å². The molecule has 0 unspecified atom stereocenters. The molecule has 12 heteroatoms. The third kappa shape index (κ3) is 3.69. The van der Waals surface area contributed by atoms with Crippen molar-refractivity contribution in [2.75, 3.05) is 6.54 Å². The molecular weight excluding hydrogens is 479 g/mol. The number of benzene rings is 2. The Balaban J connectivity index is 2.59. The highest BCUT2D eigenvalue weighted by molar-refractivity contribution is 7.04. The van der Waals surface area contributed by atoms with Gasteiger partial charge in [0.15, 0.2) is 40.4 Å². The summed E-state index contributed by atoms with van der Waals surface area (Å²) in [7, 11) is 0. The topological polar surface area (TPSA) is 3.01 Å². The van der Waals surface area contributed by atoms with Crippen molar-refractivity contribution in [3.63, 3.8) is 0 Å². The van der Waals surface area contributed by atoms with Crippen molar-refractivity contribution >= 4 is 23.3 Å². The minimum absolute atomic E-state index is 0.114. The number of hydrogen-bond donors (Lipinski definition) is 0. The smallest absolute Gasteiger partial charge is 0.200 e. The summed E-state index contributed by atoms with van der Waals surface area (Å²) >= 11 is 0. The monoisotopic (exact) mass is 499 g/mol. The molecular formula is C22H20BF10N. The Labute approximate surface area is 189 Å². The van der Waals surface area contributed by atoms with E-state index in [4.69, 9.17) is 0 Å². The maximum atomic E-state index is 15.1. The van der Waals surface area contributed by atoms with Crippen molar-refractivity contribution in [3.8, 4) is 0 Å². The van der Waals surface area contributed by atoms with E-state index in [-0.39, 0.29) is 13.0 Å². The summed E-state index contributed by atoms with van der Waals surface area (Å²) < 4.78 is 146. The van der Waals surface area contributed by atoms with Gasteiger partial charge >= 0.3 is 0 Å². The summed E-state index contributed by atoms with van der Waals surface area (Å²) in [4.78, 5) is 0. The van der Waals surface area contributed by atoms with Crippen molar-refractivity contribution < 1.29 is 48.5 Å². The third-order valence-corrected chi connectivity index (χ3v) is 6.75. The average molecular weight is 499 g/mol. The molecule has 34 heavy (non-hydrogen) atoms. The number of hydrogen-bond acceptors (Lipinski definition) is 0. The minimum atomic E-state index is -3.78. The largest absolute Gasteiger partial charge is 0.238 e. The summed E-state index contributed by atoms with van der Waals surface area (Å²) in [6, 6.07) is 0. The molecule has 3 rings (SSSR count). The van der Waals surface area contributed by atoms with E-state index in [1.165, 1.54) is 13.1 Å². The van der Waals surface area contributed by atoms with E-state index in [9.17, 15) is 26.3 Å². The Morgan fingerprint density at radius 1 is 0.647 bits per heavy atom. The van der Waals surface area contributed by atoms with Crippen LogP contribution < -0.4 is 10.9 Å². The predicted octanol–water partition coefficient (Wildman–Crippen LogP) is 5.32. The standard InChI is InChI=1S/C22H20BF10N/c1-9-8-34(22(2,3)4)7-5-6-23(9,10-12(24)16(28)20(32)17(29)13(10)25)11-14(26)18(30)21(33)19(31)15(11)27/h8-9H,5-7H2,1-4H3/t9-/m1/s1. The lowest BCUT2D eigenvalue weighted by Gasteiger charge is -2.44. The van der Waals surface area contributed by atoms with Crippen LogP contribution in [-0.4, -0.2) is 29.0 Å². The summed E-state index contributed by atoms with van der Waals surface area (Å²) in [6.45, 7) is 6.50. The first-order chi connectivity index (χ1) is 15.6. The number of halogens is 10. The molecule has 1 aliphatic heterocycles. The second-order valence-corrected chi connectivity index (χ2v) is 9.60. The molecule has 0 aliphatic carbocycles. The van der Waals surface area contributed by atoms with Crippen LogP contribution >= 0.6 is 0 Å². The van der Waals surface area contributed by atoms with Crippen LogP contribution in [0.2, 0.25) is 12.1 Å². The predicted molar refractivity (Wildman–Crippen MR) is 107 cm³/mol. The Morgan fingerprint density at radius 3 is 1.29 bits per heavy atom. The Kier molecular flexibility index (Phi) is 6.60. The molecule has 0 spiro atoms. The van der Waals surface area contributed by atoms with Crippen molar-refractivity contribution in [2.45, 2.75) is 51.8 Å². The van der Waals surface area contributed by atoms with Gasteiger partial charge in [0.2, 0.25) is 0 Å². The maximum Gasteiger partial charge on any atom is 0.200 e. The van der Waals surface area contributed by atoms with Crippen molar-refractivity contribution in [1.29, 1.82) is 0 Å². The van der Waals surface area contributed by atoms with Crippen LogP contribution in [0, 0.1) is 58.2 Å². The van der Waals surface area contributed by atoms with Gasteiger partial charge in [-0.05, 0) is 27.2 Å². The van der Waals surface area contributed by atoms with Gasteiger partial charge in [-0.25, -0.2) is 48.5 Å². The van der Waals surface area contributed by atoms with Gasteiger partial charge in [-0.1, -0.05) is 12.7 Å². The molecule has 2 aromatic carbocycles. The molecule has 1 atom stereocenters. The molecule has 0 saturated heterocycles. The van der Waals surface area contributed by atoms with Crippen molar-refractivity contribution in [2.24, 2.45) is 0 Å². The molecule has 2 aromatic rings. The van der Waals surface area contributed by atoms with Gasteiger partial charge in [0, 0.05) is 0 Å². The number of nitrogens with zero attached hydrogens (tertiary/aromatic N) is 1. The molecule has 0 fully saturated rings. The van der Waals surface area contributed by atoms with Crippen LogP contribution in [0.3, 0.4) is 0 Å². The molecule has 186 valence electrons. The average Bonchev–Trinajstić information content (AvgIpc) is 2.93. The normalized spacial score (nSPS) is 18.6. The van der Waals surface area contributed by atoms with Gasteiger partial charge in [0.05, 0.1) is 6.15 Å². The lowest BCUT2D eigenvalue weighted by Crippen LogP contribution is -2.66. The first-order valence-electron chi connectivity index (χ1n) is 10.4. The fourth-order valence-corrected chi connectivity index (χ4v) is 5.02. The molecule has 0 aromatic heterocycles. The fraction of sp³-hybridized carbons (Fsp3) is 0.409. The third-order valence-electron chi connectivity index (χ3n) is 6.75. The molecule has 1 heterocycles. The Morgan fingerprint density at radius 2 is 0.971 bits per heavy atom. The van der Waals surface area contributed by atoms with E-state index < -0.39 is 92.9 Å². The Hall–Kier alpha value is -2.53. The van der Waals surface area contributed by atoms with E-state index in [1.807, 2.05) is 0 Å². The molecule has 1 nitrogen and oxygen atoms in total. The first-order valence-corrected chi connectivity index (χ1v) is 10.4. The van der Waals surface area contributed by atoms with Crippen LogP contribution in [0.25, 0.3) is 0 Å². The number of rotatable bonds is 2. The summed E-state index contributed by atoms with van der Waals surface area (Å²) in [5.74, 6) is -25.5. The van der Waals surface area contributed by atoms with Gasteiger partial charge in [-0.2, -0.15) is 6.32 Å². The minimum Gasteiger partial charge on any atom is -0.238 e. The molecule has 0 radical (unpaired) electrons. The van der Waals surface area contributed by atoms with Crippen molar-refractivity contribution in [3.05, 3.63) is 58.2 Å². The summed E-state index contributed by atoms with van der Waals surface area (Å²) in [5.41, 5.74) is -3.84. The lowest BCUT2D eigenvalue weighted by molar-refractivity contribution is -0.593. The van der Waals surface area contributed by atoms with Gasteiger partial charge in [0.25, 0.3) is 0 Å². The quantitative estimate of drug-likeness (QED) is 0.173. The molecule has 0 saturated carbocycles. The van der Waals surface area contributed by atoms with Crippen LogP contribution in [-0.2, 0) is 0 Å². The zero-order valence-corrected chi connectivity index (χ0v) is 18.6.